The Morgan fingerprint density at radius 2 is 0.413 bits per heavy atom. The van der Waals surface area contributed by atoms with Crippen LogP contribution in [0.5, 0.6) is 23.0 Å². The van der Waals surface area contributed by atoms with Crippen LogP contribution in [0.1, 0.15) is 139 Å². The third kappa shape index (κ3) is 17.0. The lowest BCUT2D eigenvalue weighted by Gasteiger charge is -2.25. The first-order valence-corrected chi connectivity index (χ1v) is 36.0. The van der Waals surface area contributed by atoms with E-state index in [9.17, 15) is 19.2 Å². The Balaban J connectivity index is 1.04. The number of hydrogen-bond acceptors (Lipinski definition) is 8. The maximum absolute atomic E-state index is 13.8. The van der Waals surface area contributed by atoms with Crippen molar-refractivity contribution in [2.75, 3.05) is 47.7 Å². The Morgan fingerprint density at radius 3 is 0.577 bits per heavy atom. The summed E-state index contributed by atoms with van der Waals surface area (Å²) in [6, 6.07) is 86.7. The van der Waals surface area contributed by atoms with Crippen LogP contribution in [0.15, 0.2) is 267 Å². The van der Waals surface area contributed by atoms with Gasteiger partial charge in [-0.1, -0.05) is 149 Å². The molecule has 0 heterocycles. The lowest BCUT2D eigenvalue weighted by molar-refractivity contribution is 0.101. The van der Waals surface area contributed by atoms with Crippen molar-refractivity contribution in [3.63, 3.8) is 0 Å². The summed E-state index contributed by atoms with van der Waals surface area (Å²) in [5.41, 5.74) is 19.6. The average molecular weight is 1370 g/mol. The molecule has 1 aliphatic rings. The van der Waals surface area contributed by atoms with E-state index in [-0.39, 0.29) is 23.6 Å². The molecule has 0 radical (unpaired) electrons. The second-order valence-electron chi connectivity index (χ2n) is 26.2. The van der Waals surface area contributed by atoms with Crippen LogP contribution in [0.2, 0.25) is 0 Å². The molecule has 0 spiro atoms. The Bertz CT molecular complexity index is 4260. The number of amides is 4. The van der Waals surface area contributed by atoms with Crippen molar-refractivity contribution in [1.82, 2.24) is 0 Å². The molecule has 4 N–H and O–H groups in total. The summed E-state index contributed by atoms with van der Waals surface area (Å²) < 4.78 is 28.7. The third-order valence-corrected chi connectivity index (χ3v) is 18.3. The normalized spacial score (nSPS) is 11.6. The Labute approximate surface area is 609 Å². The van der Waals surface area contributed by atoms with E-state index in [4.69, 9.17) is 18.9 Å². The van der Waals surface area contributed by atoms with Gasteiger partial charge in [0.05, 0.1) is 26.4 Å². The van der Waals surface area contributed by atoms with Gasteiger partial charge in [0.25, 0.3) is 23.6 Å². The minimum Gasteiger partial charge on any atom is -0.493 e. The molecule has 0 saturated heterocycles. The SMILES string of the molecule is CCCOc1c2cc(-c3ccc(C(=O)Nc4ccccc4)cc3)cc1Cc1cc(-c3ccc(C(=O)Nc4ccccc4)cc3)cc(c1OCCC)Cc1cc(-c3ccc(C(=O)Nc4ccccc4)cc3)cc(c1OCCC)Cc1cc(-c3ccc(C(=O)Nc4ccccc4)cc3)cc(c1OCCC)C2. The highest BCUT2D eigenvalue weighted by molar-refractivity contribution is 6.07. The van der Waals surface area contributed by atoms with Gasteiger partial charge in [-0.3, -0.25) is 19.2 Å². The van der Waals surface area contributed by atoms with Gasteiger partial charge >= 0.3 is 0 Å². The minimum atomic E-state index is -0.216. The summed E-state index contributed by atoms with van der Waals surface area (Å²) in [6.07, 6.45) is 4.48. The number of carbonyl (C=O) groups excluding carboxylic acids is 4. The van der Waals surface area contributed by atoms with E-state index in [0.29, 0.717) is 97.1 Å². The molecular weight excluding hydrogens is 1290 g/mol. The van der Waals surface area contributed by atoms with Gasteiger partial charge in [0.2, 0.25) is 0 Å². The maximum atomic E-state index is 13.8. The standard InChI is InChI=1S/C92H84N4O8/c1-5-45-101-85-73-49-69(61-29-37-65(38-30-61)89(97)93-81-21-13-9-14-22-81)50-74(85)58-76-52-71(63-33-41-67(42-34-63)91(99)95-83-25-17-11-18-26-83)54-78(87(76)103-47-7-3)60-80-56-72(64-35-43-68(44-36-64)92(100)96-84-27-19-12-20-28-84)55-79(88(80)104-48-8-4)59-77-53-70(51-75(57-73)86(77)102-46-6-2)62-31-39-66(40-32-62)90(98)94-82-23-15-10-16-24-82/h9-44,49-56H,5-8,45-48,57-60H2,1-4H3,(H,93,97)(H,94,98)(H,95,99)(H,96,100). The fourth-order valence-electron chi connectivity index (χ4n) is 13.3. The van der Waals surface area contributed by atoms with Crippen molar-refractivity contribution in [3.8, 4) is 67.5 Å². The summed E-state index contributed by atoms with van der Waals surface area (Å²) in [6.45, 7) is 10.2. The quantitative estimate of drug-likeness (QED) is 0.0466. The molecule has 8 bridgehead atoms. The Kier molecular flexibility index (Phi) is 22.6. The topological polar surface area (TPSA) is 153 Å². The molecule has 12 aromatic carbocycles. The van der Waals surface area contributed by atoms with E-state index in [1.54, 1.807) is 0 Å². The van der Waals surface area contributed by atoms with E-state index in [1.807, 2.05) is 218 Å². The summed E-state index contributed by atoms with van der Waals surface area (Å²) in [7, 11) is 0. The number of fused-ring (bicyclic) bond motifs is 8. The molecule has 1 aliphatic carbocycles. The Hall–Kier alpha value is -12.3. The van der Waals surface area contributed by atoms with E-state index in [2.05, 4.69) is 97.5 Å². The lowest BCUT2D eigenvalue weighted by atomic mass is 9.86. The van der Waals surface area contributed by atoms with Gasteiger partial charge in [-0.05, 0) is 260 Å². The van der Waals surface area contributed by atoms with Gasteiger partial charge in [0.15, 0.2) is 0 Å². The van der Waals surface area contributed by atoms with Crippen LogP contribution in [0.3, 0.4) is 0 Å². The van der Waals surface area contributed by atoms with E-state index in [0.717, 1.165) is 138 Å². The summed E-state index contributed by atoms with van der Waals surface area (Å²) in [5, 5.41) is 12.2. The molecule has 520 valence electrons. The molecule has 0 saturated carbocycles. The van der Waals surface area contributed by atoms with Crippen molar-refractivity contribution in [2.45, 2.75) is 79.1 Å². The molecule has 4 amide bonds. The van der Waals surface area contributed by atoms with E-state index in [1.165, 1.54) is 0 Å². The number of rotatable bonds is 24. The van der Waals surface area contributed by atoms with Gasteiger partial charge in [0.1, 0.15) is 23.0 Å². The Morgan fingerprint density at radius 1 is 0.240 bits per heavy atom. The highest BCUT2D eigenvalue weighted by Gasteiger charge is 2.27. The molecule has 0 atom stereocenters. The molecule has 0 unspecified atom stereocenters. The number of anilines is 4. The third-order valence-electron chi connectivity index (χ3n) is 18.3. The molecule has 12 aromatic rings. The molecule has 104 heavy (non-hydrogen) atoms. The predicted molar refractivity (Wildman–Crippen MR) is 419 cm³/mol. The second kappa shape index (κ2) is 33.5. The predicted octanol–water partition coefficient (Wildman–Crippen LogP) is 21.2. The monoisotopic (exact) mass is 1370 g/mol. The molecule has 12 nitrogen and oxygen atoms in total. The van der Waals surface area contributed by atoms with Crippen LogP contribution in [0, 0.1) is 0 Å². The average Bonchev–Trinajstić information content (AvgIpc) is 0.769. The second-order valence-corrected chi connectivity index (χ2v) is 26.2. The largest absolute Gasteiger partial charge is 0.493 e. The van der Waals surface area contributed by atoms with E-state index >= 15 is 0 Å². The summed E-state index contributed by atoms with van der Waals surface area (Å²) in [4.78, 5) is 55.3. The number of para-hydroxylation sites is 4. The van der Waals surface area contributed by atoms with Crippen molar-refractivity contribution in [3.05, 3.63) is 334 Å². The zero-order chi connectivity index (χ0) is 71.7. The summed E-state index contributed by atoms with van der Waals surface area (Å²) >= 11 is 0. The smallest absolute Gasteiger partial charge is 0.255 e. The van der Waals surface area contributed by atoms with E-state index < -0.39 is 0 Å². The zero-order valence-corrected chi connectivity index (χ0v) is 59.2. The number of hydrogen-bond donors (Lipinski definition) is 4. The van der Waals surface area contributed by atoms with Crippen LogP contribution in [0.25, 0.3) is 44.5 Å². The molecule has 12 heteroatoms. The number of carbonyl (C=O) groups is 4. The highest BCUT2D eigenvalue weighted by Crippen LogP contribution is 2.45. The molecule has 0 fully saturated rings. The lowest BCUT2D eigenvalue weighted by Crippen LogP contribution is -2.12. The molecule has 13 rings (SSSR count). The first kappa shape index (κ1) is 70.2. The zero-order valence-electron chi connectivity index (χ0n) is 59.2. The van der Waals surface area contributed by atoms with Crippen LogP contribution in [0.4, 0.5) is 22.7 Å². The van der Waals surface area contributed by atoms with Crippen LogP contribution >= 0.6 is 0 Å². The van der Waals surface area contributed by atoms with Crippen LogP contribution in [-0.4, -0.2) is 50.1 Å². The van der Waals surface area contributed by atoms with Gasteiger partial charge in [-0.25, -0.2) is 0 Å². The van der Waals surface area contributed by atoms with Gasteiger partial charge < -0.3 is 40.2 Å². The highest BCUT2D eigenvalue weighted by atomic mass is 16.5. The minimum absolute atomic E-state index is 0.216. The summed E-state index contributed by atoms with van der Waals surface area (Å²) in [5.74, 6) is 2.14. The van der Waals surface area contributed by atoms with Crippen LogP contribution < -0.4 is 40.2 Å². The van der Waals surface area contributed by atoms with Crippen molar-refractivity contribution in [1.29, 1.82) is 0 Å². The first-order chi connectivity index (χ1) is 51.0. The molecular formula is C92H84N4O8. The van der Waals surface area contributed by atoms with Gasteiger partial charge in [0, 0.05) is 70.7 Å². The fraction of sp³-hybridized carbons (Fsp3) is 0.174. The number of benzene rings is 12. The number of nitrogens with one attached hydrogen (secondary N) is 4. The van der Waals surface area contributed by atoms with Crippen molar-refractivity contribution < 1.29 is 38.1 Å². The number of ether oxygens (including phenoxy) is 4. The van der Waals surface area contributed by atoms with Crippen molar-refractivity contribution >= 4 is 46.4 Å². The fourth-order valence-corrected chi connectivity index (χ4v) is 13.3. The van der Waals surface area contributed by atoms with Crippen LogP contribution in [-0.2, 0) is 25.7 Å². The maximum Gasteiger partial charge on any atom is 0.255 e. The van der Waals surface area contributed by atoms with Gasteiger partial charge in [-0.2, -0.15) is 0 Å². The van der Waals surface area contributed by atoms with Gasteiger partial charge in [-0.15, -0.1) is 0 Å². The molecule has 0 aromatic heterocycles. The molecule has 0 aliphatic heterocycles. The van der Waals surface area contributed by atoms with Crippen molar-refractivity contribution in [2.24, 2.45) is 0 Å². The first-order valence-electron chi connectivity index (χ1n) is 36.0.